The molecule has 150 valence electrons. The Morgan fingerprint density at radius 1 is 1.26 bits per heavy atom. The second-order valence-electron chi connectivity index (χ2n) is 4.92. The minimum absolute atomic E-state index is 0.0875. The number of rotatable bonds is 3. The molecule has 27 heavy (non-hydrogen) atoms. The number of amides is 4. The van der Waals surface area contributed by atoms with Gasteiger partial charge in [-0.05, 0) is 0 Å². The van der Waals surface area contributed by atoms with Crippen molar-refractivity contribution >= 4 is 41.0 Å². The Morgan fingerprint density at radius 2 is 1.78 bits per heavy atom. The molecule has 15 heteroatoms. The Bertz CT molecular complexity index is 683. The number of urea groups is 2. The van der Waals surface area contributed by atoms with Gasteiger partial charge in [-0.1, -0.05) is 21.8 Å². The maximum Gasteiger partial charge on any atom is 0.361 e. The standard InChI is InChI=1S/C6H8ClN5O2S.C6H12N4O2/c1-8-6(11-12(13)14)10-3-4-2-9-5(7)15-4;1-9(2)5(11)7-8-6(12)10(3)4/h2H,3H2,1H3,(H2,8,10,11);1-4H3. The number of nitrogens with zero attached hydrogens (tertiary/aromatic N) is 7. The molecule has 0 atom stereocenters. The summed E-state index contributed by atoms with van der Waals surface area (Å²) in [5, 5.41) is 24.0. The maximum absolute atomic E-state index is 10.8. The molecule has 1 heterocycles. The number of carbonyl (C=O) groups is 2. The topological polar surface area (TPSA) is 158 Å². The monoisotopic (exact) mass is 421 g/mol. The second-order valence-corrected chi connectivity index (χ2v) is 6.62. The molecule has 0 saturated carbocycles. The number of thiazole rings is 1. The Labute approximate surface area is 164 Å². The highest BCUT2D eigenvalue weighted by Gasteiger charge is 2.05. The van der Waals surface area contributed by atoms with Gasteiger partial charge >= 0.3 is 12.1 Å². The van der Waals surface area contributed by atoms with E-state index in [-0.39, 0.29) is 5.96 Å². The number of hydrazone groups is 1. The number of nitro groups is 1. The van der Waals surface area contributed by atoms with Crippen molar-refractivity contribution in [3.05, 3.63) is 25.7 Å². The van der Waals surface area contributed by atoms with Gasteiger partial charge in [0.25, 0.3) is 5.96 Å². The van der Waals surface area contributed by atoms with Crippen molar-refractivity contribution in [2.24, 2.45) is 15.3 Å². The summed E-state index contributed by atoms with van der Waals surface area (Å²) in [5.41, 5.74) is 0. The van der Waals surface area contributed by atoms with E-state index < -0.39 is 17.1 Å². The third-order valence-electron chi connectivity index (χ3n) is 2.36. The summed E-state index contributed by atoms with van der Waals surface area (Å²) in [4.78, 5) is 38.8. The van der Waals surface area contributed by atoms with Gasteiger partial charge < -0.3 is 20.4 Å². The lowest BCUT2D eigenvalue weighted by Gasteiger charge is -2.05. The first-order chi connectivity index (χ1) is 12.6. The number of hydrogen-bond acceptors (Lipinski definition) is 6. The predicted octanol–water partition coefficient (Wildman–Crippen LogP) is 1.46. The van der Waals surface area contributed by atoms with Crippen LogP contribution in [0, 0.1) is 10.1 Å². The highest BCUT2D eigenvalue weighted by molar-refractivity contribution is 7.15. The van der Waals surface area contributed by atoms with Gasteiger partial charge in [-0.15, -0.1) is 11.3 Å². The number of carbonyl (C=O) groups excluding carboxylic acids is 2. The molecule has 0 radical (unpaired) electrons. The first-order valence-electron chi connectivity index (χ1n) is 7.16. The van der Waals surface area contributed by atoms with Gasteiger partial charge in [0.2, 0.25) is 0 Å². The van der Waals surface area contributed by atoms with E-state index in [9.17, 15) is 19.7 Å². The molecule has 4 amide bonds. The highest BCUT2D eigenvalue weighted by atomic mass is 35.5. The summed E-state index contributed by atoms with van der Waals surface area (Å²) < 4.78 is 0.434. The third-order valence-corrected chi connectivity index (χ3v) is 3.47. The van der Waals surface area contributed by atoms with Crippen molar-refractivity contribution in [2.75, 3.05) is 35.2 Å². The van der Waals surface area contributed by atoms with Gasteiger partial charge in [0.15, 0.2) is 9.50 Å². The van der Waals surface area contributed by atoms with E-state index in [1.165, 1.54) is 56.4 Å². The van der Waals surface area contributed by atoms with E-state index in [0.29, 0.717) is 11.0 Å². The van der Waals surface area contributed by atoms with E-state index in [1.54, 1.807) is 6.20 Å². The van der Waals surface area contributed by atoms with E-state index >= 15 is 0 Å². The lowest BCUT2D eigenvalue weighted by molar-refractivity contribution is -0.485. The average Bonchev–Trinajstić information content (AvgIpc) is 3.01. The molecular weight excluding hydrogens is 402 g/mol. The van der Waals surface area contributed by atoms with Crippen LogP contribution in [0.2, 0.25) is 4.47 Å². The van der Waals surface area contributed by atoms with Crippen LogP contribution < -0.4 is 10.6 Å². The minimum Gasteiger partial charge on any atom is -0.354 e. The quantitative estimate of drug-likeness (QED) is 0.245. The maximum atomic E-state index is 10.8. The Hall–Kier alpha value is -2.87. The van der Waals surface area contributed by atoms with Crippen molar-refractivity contribution < 1.29 is 14.6 Å². The van der Waals surface area contributed by atoms with Gasteiger partial charge in [0.05, 0.1) is 6.54 Å². The summed E-state index contributed by atoms with van der Waals surface area (Å²) in [5.74, 6) is 0.0875. The van der Waals surface area contributed by atoms with Crippen molar-refractivity contribution in [3.63, 3.8) is 0 Å². The number of aromatic nitrogens is 1. The average molecular weight is 422 g/mol. The lowest BCUT2D eigenvalue weighted by Crippen LogP contribution is -2.34. The Morgan fingerprint density at radius 3 is 2.11 bits per heavy atom. The molecule has 0 bridgehead atoms. The van der Waals surface area contributed by atoms with Crippen LogP contribution in [0.3, 0.4) is 0 Å². The van der Waals surface area contributed by atoms with E-state index in [4.69, 9.17) is 11.6 Å². The molecule has 0 spiro atoms. The fourth-order valence-electron chi connectivity index (χ4n) is 1.06. The normalized spacial score (nSPS) is 10.7. The molecule has 0 aromatic carbocycles. The predicted molar refractivity (Wildman–Crippen MR) is 100 cm³/mol. The van der Waals surface area contributed by atoms with Crippen molar-refractivity contribution in [3.8, 4) is 0 Å². The first-order valence-corrected chi connectivity index (χ1v) is 8.35. The summed E-state index contributed by atoms with van der Waals surface area (Å²) in [6.07, 6.45) is 1.60. The zero-order chi connectivity index (χ0) is 21.0. The summed E-state index contributed by atoms with van der Waals surface area (Å²) in [7, 11) is 7.65. The highest BCUT2D eigenvalue weighted by Crippen LogP contribution is 2.16. The lowest BCUT2D eigenvalue weighted by atomic mass is 10.5. The molecule has 0 aliphatic heterocycles. The fraction of sp³-hybridized carbons (Fsp3) is 0.500. The van der Waals surface area contributed by atoms with Crippen molar-refractivity contribution in [1.29, 1.82) is 0 Å². The smallest absolute Gasteiger partial charge is 0.354 e. The molecular formula is C12H20ClN9O4S. The molecule has 0 unspecified atom stereocenters. The first kappa shape index (κ1) is 24.1. The molecule has 0 saturated heterocycles. The number of nitrogens with one attached hydrogen (secondary N) is 2. The number of azo groups is 1. The van der Waals surface area contributed by atoms with Gasteiger partial charge in [-0.3, -0.25) is 0 Å². The molecule has 13 nitrogen and oxygen atoms in total. The number of halogens is 1. The zero-order valence-corrected chi connectivity index (χ0v) is 16.9. The summed E-state index contributed by atoms with van der Waals surface area (Å²) in [6.45, 7) is 0.387. The molecule has 0 aliphatic carbocycles. The van der Waals surface area contributed by atoms with E-state index in [0.717, 1.165) is 4.88 Å². The van der Waals surface area contributed by atoms with Crippen LogP contribution in [0.15, 0.2) is 21.5 Å². The number of guanidine groups is 1. The molecule has 1 aromatic heterocycles. The van der Waals surface area contributed by atoms with Crippen LogP contribution in [-0.4, -0.2) is 73.1 Å². The van der Waals surface area contributed by atoms with Gasteiger partial charge in [-0.2, -0.15) is 0 Å². The Kier molecular flexibility index (Phi) is 11.2. The molecule has 0 fully saturated rings. The summed E-state index contributed by atoms with van der Waals surface area (Å²) in [6, 6.07) is -1.10. The minimum atomic E-state index is -0.779. The van der Waals surface area contributed by atoms with Crippen LogP contribution in [0.4, 0.5) is 9.59 Å². The SMILES string of the molecule is CN(C)C(=O)N=NC(=O)N(C)C.CNC(=N[N+](=O)[O-])NCc1cnc(Cl)s1. The zero-order valence-electron chi connectivity index (χ0n) is 15.3. The Balaban J connectivity index is 0.000000516. The van der Waals surface area contributed by atoms with E-state index in [2.05, 4.69) is 30.9 Å². The van der Waals surface area contributed by atoms with Gasteiger partial charge in [0.1, 0.15) is 5.10 Å². The molecule has 2 N–H and O–H groups in total. The third kappa shape index (κ3) is 11.4. The van der Waals surface area contributed by atoms with Crippen molar-refractivity contribution in [2.45, 2.75) is 6.54 Å². The van der Waals surface area contributed by atoms with Crippen LogP contribution in [-0.2, 0) is 6.54 Å². The van der Waals surface area contributed by atoms with E-state index in [1.807, 2.05) is 0 Å². The van der Waals surface area contributed by atoms with Crippen LogP contribution in [0.5, 0.6) is 0 Å². The fourth-order valence-corrected chi connectivity index (χ4v) is 1.97. The van der Waals surface area contributed by atoms with Gasteiger partial charge in [-0.25, -0.2) is 24.7 Å². The largest absolute Gasteiger partial charge is 0.361 e. The number of hydrogen-bond donors (Lipinski definition) is 2. The van der Waals surface area contributed by atoms with Crippen molar-refractivity contribution in [1.82, 2.24) is 25.4 Å². The molecule has 1 rings (SSSR count). The second kappa shape index (κ2) is 12.5. The molecule has 1 aromatic rings. The molecule has 0 aliphatic rings. The van der Waals surface area contributed by atoms with Crippen LogP contribution in [0.25, 0.3) is 0 Å². The van der Waals surface area contributed by atoms with Gasteiger partial charge in [0, 0.05) is 46.3 Å². The van der Waals surface area contributed by atoms with Crippen LogP contribution in [0.1, 0.15) is 4.88 Å². The van der Waals surface area contributed by atoms with Crippen LogP contribution >= 0.6 is 22.9 Å². The summed E-state index contributed by atoms with van der Waals surface area (Å²) >= 11 is 6.92.